The summed E-state index contributed by atoms with van der Waals surface area (Å²) in [7, 11) is 0. The average Bonchev–Trinajstić information content (AvgIpc) is 2.68. The summed E-state index contributed by atoms with van der Waals surface area (Å²) in [6.45, 7) is 0.0906. The van der Waals surface area contributed by atoms with Gasteiger partial charge in [0.25, 0.3) is 0 Å². The Hall–Kier alpha value is -3.60. The molecule has 2 aromatic carbocycles. The fourth-order valence-electron chi connectivity index (χ4n) is 2.46. The molecule has 0 aliphatic carbocycles. The van der Waals surface area contributed by atoms with Gasteiger partial charge < -0.3 is 10.1 Å². The zero-order chi connectivity index (χ0) is 20.1. The summed E-state index contributed by atoms with van der Waals surface area (Å²) < 4.78 is 58.6. The number of anilines is 1. The second kappa shape index (κ2) is 7.96. The number of halogens is 4. The number of nitrogens with zero attached hydrogens (tertiary/aromatic N) is 2. The SMILES string of the molecule is N#Cc1ccc(NCc2ccc(Oc3cccnc3)c(F)c2)cc1C(F)(F)F. The fraction of sp³-hybridized carbons (Fsp3) is 0.100. The lowest BCUT2D eigenvalue weighted by Crippen LogP contribution is -2.09. The lowest BCUT2D eigenvalue weighted by Gasteiger charge is -2.13. The van der Waals surface area contributed by atoms with Crippen LogP contribution in [-0.4, -0.2) is 4.98 Å². The normalized spacial score (nSPS) is 11.0. The molecule has 28 heavy (non-hydrogen) atoms. The number of aromatic nitrogens is 1. The van der Waals surface area contributed by atoms with Crippen LogP contribution in [0.2, 0.25) is 0 Å². The van der Waals surface area contributed by atoms with E-state index in [2.05, 4.69) is 10.3 Å². The van der Waals surface area contributed by atoms with Crippen LogP contribution in [0.5, 0.6) is 11.5 Å². The summed E-state index contributed by atoms with van der Waals surface area (Å²) in [5.41, 5.74) is -0.802. The molecule has 0 fully saturated rings. The van der Waals surface area contributed by atoms with E-state index in [0.29, 0.717) is 11.3 Å². The number of ether oxygens (including phenoxy) is 1. The molecule has 0 atom stereocenters. The van der Waals surface area contributed by atoms with Gasteiger partial charge in [-0.1, -0.05) is 6.07 Å². The van der Waals surface area contributed by atoms with Crippen LogP contribution in [0.15, 0.2) is 60.9 Å². The van der Waals surface area contributed by atoms with E-state index in [0.717, 1.165) is 12.1 Å². The maximum absolute atomic E-state index is 14.2. The van der Waals surface area contributed by atoms with E-state index >= 15 is 0 Å². The number of nitrogens with one attached hydrogen (secondary N) is 1. The highest BCUT2D eigenvalue weighted by Crippen LogP contribution is 2.33. The molecule has 1 aromatic heterocycles. The molecule has 4 nitrogen and oxygen atoms in total. The second-order valence-electron chi connectivity index (χ2n) is 5.78. The molecule has 8 heteroatoms. The maximum Gasteiger partial charge on any atom is 0.417 e. The molecular weight excluding hydrogens is 374 g/mol. The summed E-state index contributed by atoms with van der Waals surface area (Å²) >= 11 is 0. The molecule has 0 spiro atoms. The van der Waals surface area contributed by atoms with E-state index in [1.807, 2.05) is 0 Å². The van der Waals surface area contributed by atoms with Crippen molar-refractivity contribution in [1.29, 1.82) is 5.26 Å². The Morgan fingerprint density at radius 3 is 2.57 bits per heavy atom. The first-order valence-corrected chi connectivity index (χ1v) is 8.08. The van der Waals surface area contributed by atoms with E-state index < -0.39 is 23.1 Å². The molecule has 1 heterocycles. The number of hydrogen-bond acceptors (Lipinski definition) is 4. The summed E-state index contributed by atoms with van der Waals surface area (Å²) in [5.74, 6) is -0.224. The topological polar surface area (TPSA) is 57.9 Å². The van der Waals surface area contributed by atoms with Crippen molar-refractivity contribution in [2.24, 2.45) is 0 Å². The number of nitriles is 1. The van der Waals surface area contributed by atoms with Crippen molar-refractivity contribution < 1.29 is 22.3 Å². The minimum absolute atomic E-state index is 0.00878. The first-order chi connectivity index (χ1) is 13.4. The number of rotatable bonds is 5. The number of hydrogen-bond donors (Lipinski definition) is 1. The van der Waals surface area contributed by atoms with Crippen molar-refractivity contribution in [1.82, 2.24) is 4.98 Å². The van der Waals surface area contributed by atoms with E-state index in [1.54, 1.807) is 24.4 Å². The van der Waals surface area contributed by atoms with Crippen molar-refractivity contribution in [2.45, 2.75) is 12.7 Å². The molecule has 0 unspecified atom stereocenters. The van der Waals surface area contributed by atoms with Crippen LogP contribution in [0.25, 0.3) is 0 Å². The van der Waals surface area contributed by atoms with Gasteiger partial charge in [-0.05, 0) is 48.0 Å². The minimum Gasteiger partial charge on any atom is -0.453 e. The third-order valence-corrected chi connectivity index (χ3v) is 3.80. The largest absolute Gasteiger partial charge is 0.453 e. The highest BCUT2D eigenvalue weighted by Gasteiger charge is 2.33. The Balaban J connectivity index is 1.71. The van der Waals surface area contributed by atoms with Crippen molar-refractivity contribution in [3.05, 3.63) is 83.4 Å². The molecule has 0 aliphatic rings. The van der Waals surface area contributed by atoms with E-state index in [-0.39, 0.29) is 18.0 Å². The van der Waals surface area contributed by atoms with Gasteiger partial charge in [-0.25, -0.2) is 4.39 Å². The van der Waals surface area contributed by atoms with E-state index in [9.17, 15) is 17.6 Å². The Bertz CT molecular complexity index is 1010. The fourth-order valence-corrected chi connectivity index (χ4v) is 2.46. The Morgan fingerprint density at radius 1 is 1.11 bits per heavy atom. The van der Waals surface area contributed by atoms with Crippen LogP contribution in [0.3, 0.4) is 0 Å². The summed E-state index contributed by atoms with van der Waals surface area (Å²) in [5, 5.41) is 11.6. The predicted octanol–water partition coefficient (Wildman–Crippen LogP) is 5.52. The first kappa shape index (κ1) is 19.2. The Morgan fingerprint density at radius 2 is 1.93 bits per heavy atom. The molecule has 0 amide bonds. The predicted molar refractivity (Wildman–Crippen MR) is 94.2 cm³/mol. The lowest BCUT2D eigenvalue weighted by molar-refractivity contribution is -0.137. The Kier molecular flexibility index (Phi) is 5.45. The third-order valence-electron chi connectivity index (χ3n) is 3.80. The van der Waals surface area contributed by atoms with Gasteiger partial charge in [0.2, 0.25) is 0 Å². The third kappa shape index (κ3) is 4.57. The second-order valence-corrected chi connectivity index (χ2v) is 5.78. The van der Waals surface area contributed by atoms with Crippen LogP contribution >= 0.6 is 0 Å². The van der Waals surface area contributed by atoms with Gasteiger partial charge in [0, 0.05) is 18.4 Å². The molecule has 142 valence electrons. The molecule has 0 bridgehead atoms. The van der Waals surface area contributed by atoms with Gasteiger partial charge in [0.05, 0.1) is 23.4 Å². The monoisotopic (exact) mass is 387 g/mol. The average molecular weight is 387 g/mol. The first-order valence-electron chi connectivity index (χ1n) is 8.08. The molecule has 1 N–H and O–H groups in total. The summed E-state index contributed by atoms with van der Waals surface area (Å²) in [6.07, 6.45) is -1.64. The van der Waals surface area contributed by atoms with Gasteiger partial charge >= 0.3 is 6.18 Å². The number of benzene rings is 2. The molecule has 3 aromatic rings. The van der Waals surface area contributed by atoms with Crippen molar-refractivity contribution in [3.8, 4) is 17.6 Å². The number of alkyl halides is 3. The van der Waals surface area contributed by atoms with Gasteiger partial charge in [-0.2, -0.15) is 18.4 Å². The molecule has 0 saturated carbocycles. The molecular formula is C20H13F4N3O. The zero-order valence-corrected chi connectivity index (χ0v) is 14.3. The standard InChI is InChI=1S/C20H13F4N3O/c21-18-8-13(3-6-19(18)28-16-2-1-7-26-12-16)11-27-15-5-4-14(10-25)17(9-15)20(22,23)24/h1-9,12,27H,11H2. The van der Waals surface area contributed by atoms with Crippen molar-refractivity contribution in [2.75, 3.05) is 5.32 Å². The highest BCUT2D eigenvalue weighted by molar-refractivity contribution is 5.53. The van der Waals surface area contributed by atoms with E-state index in [4.69, 9.17) is 10.00 Å². The molecule has 0 saturated heterocycles. The summed E-state index contributed by atoms with van der Waals surface area (Å²) in [6, 6.07) is 12.4. The highest BCUT2D eigenvalue weighted by atomic mass is 19.4. The van der Waals surface area contributed by atoms with Crippen LogP contribution in [-0.2, 0) is 12.7 Å². The van der Waals surface area contributed by atoms with Gasteiger partial charge in [0.1, 0.15) is 5.75 Å². The minimum atomic E-state index is -4.64. The van der Waals surface area contributed by atoms with Crippen LogP contribution in [0, 0.1) is 17.1 Å². The van der Waals surface area contributed by atoms with Gasteiger partial charge in [0.15, 0.2) is 11.6 Å². The molecule has 3 rings (SSSR count). The van der Waals surface area contributed by atoms with Crippen molar-refractivity contribution in [3.63, 3.8) is 0 Å². The summed E-state index contributed by atoms with van der Waals surface area (Å²) in [4.78, 5) is 3.87. The van der Waals surface area contributed by atoms with Crippen molar-refractivity contribution >= 4 is 5.69 Å². The van der Waals surface area contributed by atoms with E-state index in [1.165, 1.54) is 30.5 Å². The van der Waals surface area contributed by atoms with Gasteiger partial charge in [-0.15, -0.1) is 0 Å². The molecule has 0 aliphatic heterocycles. The Labute approximate surface area is 158 Å². The maximum atomic E-state index is 14.2. The lowest BCUT2D eigenvalue weighted by atomic mass is 10.1. The molecule has 0 radical (unpaired) electrons. The van der Waals surface area contributed by atoms with Crippen LogP contribution in [0.1, 0.15) is 16.7 Å². The quantitative estimate of drug-likeness (QED) is 0.586. The zero-order valence-electron chi connectivity index (χ0n) is 14.3. The number of pyridine rings is 1. The van der Waals surface area contributed by atoms with Crippen LogP contribution < -0.4 is 10.1 Å². The smallest absolute Gasteiger partial charge is 0.417 e. The van der Waals surface area contributed by atoms with Gasteiger partial charge in [-0.3, -0.25) is 4.98 Å². The van der Waals surface area contributed by atoms with Crippen LogP contribution in [0.4, 0.5) is 23.2 Å².